The van der Waals surface area contributed by atoms with Crippen LogP contribution in [0.2, 0.25) is 0 Å². The minimum Gasteiger partial charge on any atom is -0.480 e. The van der Waals surface area contributed by atoms with Crippen molar-refractivity contribution < 1.29 is 38.1 Å². The molecule has 1 aliphatic carbocycles. The molecule has 5 N–H and O–H groups in total. The van der Waals surface area contributed by atoms with Gasteiger partial charge in [0.1, 0.15) is 6.04 Å². The van der Waals surface area contributed by atoms with E-state index in [9.17, 15) is 28.5 Å². The van der Waals surface area contributed by atoms with Crippen molar-refractivity contribution >= 4 is 32.5 Å². The number of morpholine rings is 1. The summed E-state index contributed by atoms with van der Waals surface area (Å²) < 4.78 is 33.2. The fraction of sp³-hybridized carbons (Fsp3) is 0.700. The highest BCUT2D eigenvalue weighted by atomic mass is 32.2. The first kappa shape index (κ1) is 41.5. The number of aliphatic hydroxyl groups excluding tert-OH is 2. The lowest BCUT2D eigenvalue weighted by molar-refractivity contribution is -0.158. The summed E-state index contributed by atoms with van der Waals surface area (Å²) in [6.45, 7) is 5.20. The Morgan fingerprint density at radius 1 is 1.02 bits per heavy atom. The second kappa shape index (κ2) is 20.3. The zero-order valence-electron chi connectivity index (χ0n) is 31.4. The molecule has 0 unspecified atom stereocenters. The van der Waals surface area contributed by atoms with E-state index >= 15 is 4.79 Å². The first-order valence-electron chi connectivity index (χ1n) is 19.9. The molecular formula is C40H62N4O8S. The molecule has 0 bridgehead atoms. The number of ether oxygens (including phenoxy) is 1. The topological polar surface area (TPSA) is 169 Å². The Kier molecular flexibility index (Phi) is 15.9. The average molecular weight is 759 g/mol. The Morgan fingerprint density at radius 3 is 2.45 bits per heavy atom. The molecule has 5 rings (SSSR count). The van der Waals surface area contributed by atoms with Gasteiger partial charge in [0.2, 0.25) is 5.91 Å². The van der Waals surface area contributed by atoms with E-state index in [2.05, 4.69) is 10.7 Å². The third-order valence-corrected chi connectivity index (χ3v) is 13.2. The van der Waals surface area contributed by atoms with Gasteiger partial charge in [-0.15, -0.1) is 0 Å². The molecule has 1 saturated carbocycles. The van der Waals surface area contributed by atoms with Crippen LogP contribution in [0, 0.1) is 11.8 Å². The summed E-state index contributed by atoms with van der Waals surface area (Å²) in [4.78, 5) is 30.2. The number of carbonyl (C=O) groups is 2. The monoisotopic (exact) mass is 758 g/mol. The van der Waals surface area contributed by atoms with E-state index in [0.717, 1.165) is 72.8 Å². The normalized spacial score (nSPS) is 21.9. The van der Waals surface area contributed by atoms with Crippen molar-refractivity contribution in [2.45, 2.75) is 114 Å². The third-order valence-electron chi connectivity index (χ3n) is 11.4. The number of rotatable bonds is 20. The van der Waals surface area contributed by atoms with E-state index in [1.54, 1.807) is 0 Å². The van der Waals surface area contributed by atoms with Gasteiger partial charge in [0.15, 0.2) is 9.84 Å². The molecule has 2 aromatic rings. The van der Waals surface area contributed by atoms with Crippen LogP contribution in [0.15, 0.2) is 42.5 Å². The van der Waals surface area contributed by atoms with Crippen LogP contribution in [-0.2, 0) is 30.6 Å². The van der Waals surface area contributed by atoms with Crippen LogP contribution in [0.25, 0.3) is 10.8 Å². The van der Waals surface area contributed by atoms with E-state index in [1.165, 1.54) is 0 Å². The van der Waals surface area contributed by atoms with Gasteiger partial charge in [-0.3, -0.25) is 14.7 Å². The number of carboxylic acids is 1. The number of carboxylic acid groups (broad SMARTS) is 1. The smallest absolute Gasteiger partial charge is 0.328 e. The van der Waals surface area contributed by atoms with Gasteiger partial charge in [-0.2, -0.15) is 0 Å². The maximum atomic E-state index is 15.1. The Labute approximate surface area is 315 Å². The lowest BCUT2D eigenvalue weighted by Gasteiger charge is -2.40. The molecule has 2 aliphatic heterocycles. The highest BCUT2D eigenvalue weighted by molar-refractivity contribution is 7.91. The summed E-state index contributed by atoms with van der Waals surface area (Å²) in [6, 6.07) is 11.2. The summed E-state index contributed by atoms with van der Waals surface area (Å²) in [7, 11) is -3.77. The predicted octanol–water partition coefficient (Wildman–Crippen LogP) is 3.53. The average Bonchev–Trinajstić information content (AvgIpc) is 3.66. The van der Waals surface area contributed by atoms with Gasteiger partial charge in [0.25, 0.3) is 0 Å². The molecule has 12 nitrogen and oxygen atoms in total. The summed E-state index contributed by atoms with van der Waals surface area (Å²) in [5.41, 5.74) is 4.02. The van der Waals surface area contributed by atoms with Crippen LogP contribution >= 0.6 is 0 Å². The van der Waals surface area contributed by atoms with Crippen LogP contribution in [-0.4, -0.2) is 127 Å². The largest absolute Gasteiger partial charge is 0.480 e. The van der Waals surface area contributed by atoms with Crippen molar-refractivity contribution in [3.05, 3.63) is 48.0 Å². The third kappa shape index (κ3) is 12.2. The molecule has 13 heteroatoms. The zero-order valence-corrected chi connectivity index (χ0v) is 32.2. The van der Waals surface area contributed by atoms with Crippen molar-refractivity contribution in [2.24, 2.45) is 11.8 Å². The number of aliphatic hydroxyl groups is 2. The number of nitrogens with zero attached hydrogens (tertiary/aromatic N) is 2. The first-order valence-corrected chi connectivity index (χ1v) is 21.8. The molecule has 0 radical (unpaired) electrons. The molecule has 2 heterocycles. The number of nitrogens with one attached hydrogen (secondary N) is 2. The molecule has 2 saturated heterocycles. The maximum absolute atomic E-state index is 15.1. The van der Waals surface area contributed by atoms with E-state index in [1.807, 2.05) is 54.3 Å². The number of carbonyl (C=O) groups excluding carboxylic acids is 1. The van der Waals surface area contributed by atoms with Gasteiger partial charge in [-0.1, -0.05) is 94.3 Å². The summed E-state index contributed by atoms with van der Waals surface area (Å²) in [5.74, 6) is -3.27. The predicted molar refractivity (Wildman–Crippen MR) is 206 cm³/mol. The number of amides is 1. The zero-order chi connectivity index (χ0) is 37.8. The Balaban J connectivity index is 1.51. The highest BCUT2D eigenvalue weighted by Gasteiger charge is 2.40. The van der Waals surface area contributed by atoms with E-state index < -0.39 is 57.7 Å². The number of sulfone groups is 1. The van der Waals surface area contributed by atoms with Crippen LogP contribution in [0.5, 0.6) is 0 Å². The standard InChI is InChI=1S/C40H62N4O8S/c1-2-3-18-36(40(48)49)44(42-35(24-29-11-5-4-6-12-29)38(46)37(45)26-43-20-22-52-23-21-43)39(47)32(27-53(50,51)28-33-16-10-19-41-33)25-31-15-9-14-30-13-7-8-17-34(30)31/h7-9,13-15,17,29,32-33,35-38,41-42,45-46H,2-6,10-12,16,18-28H2,1H3,(H,48,49)/t32-,33+,35+,36+,37+,38-/m1/s1. The van der Waals surface area contributed by atoms with Gasteiger partial charge in [-0.25, -0.2) is 18.6 Å². The molecule has 0 spiro atoms. The van der Waals surface area contributed by atoms with Gasteiger partial charge in [-0.05, 0) is 60.9 Å². The molecule has 6 atom stereocenters. The van der Waals surface area contributed by atoms with Gasteiger partial charge < -0.3 is 25.4 Å². The number of benzene rings is 2. The van der Waals surface area contributed by atoms with E-state index in [4.69, 9.17) is 4.74 Å². The molecule has 3 fully saturated rings. The molecule has 2 aromatic carbocycles. The van der Waals surface area contributed by atoms with E-state index in [-0.39, 0.29) is 37.1 Å². The summed E-state index contributed by atoms with van der Waals surface area (Å²) in [6.07, 6.45) is 6.11. The number of hydrogen-bond donors (Lipinski definition) is 5. The van der Waals surface area contributed by atoms with Crippen molar-refractivity contribution in [2.75, 3.05) is 50.9 Å². The molecule has 53 heavy (non-hydrogen) atoms. The van der Waals surface area contributed by atoms with Crippen molar-refractivity contribution in [3.8, 4) is 0 Å². The quantitative estimate of drug-likeness (QED) is 0.125. The van der Waals surface area contributed by atoms with Crippen LogP contribution in [0.4, 0.5) is 0 Å². The van der Waals surface area contributed by atoms with Crippen LogP contribution in [0.3, 0.4) is 0 Å². The molecule has 1 amide bonds. The number of unbranched alkanes of at least 4 members (excludes halogenated alkanes) is 1. The second-order valence-corrected chi connectivity index (χ2v) is 17.7. The first-order chi connectivity index (χ1) is 25.5. The number of aliphatic carboxylic acids is 1. The van der Waals surface area contributed by atoms with Crippen molar-refractivity contribution in [1.82, 2.24) is 20.7 Å². The maximum Gasteiger partial charge on any atom is 0.328 e. The SMILES string of the molecule is CCCC[C@@H](C(=O)O)N(N[C@@H](CC1CCCCC1)[C@@H](O)[C@@H](O)CN1CCOCC1)C(=O)[C@H](Cc1cccc2ccccc12)CS(=O)(=O)C[C@@H]1CCCN1. The van der Waals surface area contributed by atoms with Crippen molar-refractivity contribution in [3.63, 3.8) is 0 Å². The minimum atomic E-state index is -3.77. The minimum absolute atomic E-state index is 0.0886. The van der Waals surface area contributed by atoms with Gasteiger partial charge in [0, 0.05) is 25.7 Å². The molecule has 0 aromatic heterocycles. The number of β-amino-alcohol motifs (C(OH)–C–C–N with tert-alkyl or cyclic N) is 1. The summed E-state index contributed by atoms with van der Waals surface area (Å²) >= 11 is 0. The lowest BCUT2D eigenvalue weighted by atomic mass is 9.83. The van der Waals surface area contributed by atoms with Crippen molar-refractivity contribution in [1.29, 1.82) is 0 Å². The second-order valence-electron chi connectivity index (χ2n) is 15.6. The Bertz CT molecular complexity index is 1550. The molecule has 296 valence electrons. The number of hydrogen-bond acceptors (Lipinski definition) is 10. The number of hydrazine groups is 1. The Hall–Kier alpha value is -2.65. The highest BCUT2D eigenvalue weighted by Crippen LogP contribution is 2.30. The van der Waals surface area contributed by atoms with E-state index in [0.29, 0.717) is 45.6 Å². The Morgan fingerprint density at radius 2 is 1.75 bits per heavy atom. The van der Waals surface area contributed by atoms with Crippen LogP contribution in [0.1, 0.15) is 83.1 Å². The molecule has 3 aliphatic rings. The van der Waals surface area contributed by atoms with Gasteiger partial charge in [0.05, 0.1) is 48.9 Å². The molecular weight excluding hydrogens is 697 g/mol. The number of fused-ring (bicyclic) bond motifs is 1. The van der Waals surface area contributed by atoms with Crippen LogP contribution < -0.4 is 10.7 Å². The van der Waals surface area contributed by atoms with Gasteiger partial charge >= 0.3 is 5.97 Å². The summed E-state index contributed by atoms with van der Waals surface area (Å²) in [5, 5.41) is 40.2. The lowest BCUT2D eigenvalue weighted by Crippen LogP contribution is -2.62. The fourth-order valence-corrected chi connectivity index (χ4v) is 10.4. The fourth-order valence-electron chi connectivity index (χ4n) is 8.45.